The third-order valence-electron chi connectivity index (χ3n) is 15.1. The van der Waals surface area contributed by atoms with Gasteiger partial charge in [-0.1, -0.05) is 92.7 Å². The van der Waals surface area contributed by atoms with Gasteiger partial charge in [0.15, 0.2) is 0 Å². The van der Waals surface area contributed by atoms with Crippen molar-refractivity contribution < 1.29 is 68.1 Å². The van der Waals surface area contributed by atoms with E-state index in [4.69, 9.17) is 5.73 Å². The van der Waals surface area contributed by atoms with Crippen molar-refractivity contribution in [3.8, 4) is 5.75 Å². The van der Waals surface area contributed by atoms with E-state index in [1.807, 2.05) is 0 Å². The van der Waals surface area contributed by atoms with Crippen molar-refractivity contribution in [2.24, 2.45) is 23.5 Å². The molecule has 0 bridgehead atoms. The Hall–Kier alpha value is -6.89. The molecule has 11 amide bonds. The summed E-state index contributed by atoms with van der Waals surface area (Å²) in [6.45, 7) is 14.2. The van der Waals surface area contributed by atoms with Gasteiger partial charge in [0.1, 0.15) is 54.1 Å². The predicted octanol–water partition coefficient (Wildman–Crippen LogP) is -0.0539. The first-order valence-corrected chi connectivity index (χ1v) is 29.4. The maximum Gasteiger partial charge on any atom is 0.246 e. The third-order valence-corrected chi connectivity index (χ3v) is 15.1. The topological polar surface area (TPSA) is 377 Å². The zero-order valence-corrected chi connectivity index (χ0v) is 49.8. The van der Waals surface area contributed by atoms with Crippen LogP contribution < -0.4 is 48.3 Å². The van der Waals surface area contributed by atoms with E-state index in [1.54, 1.807) is 41.5 Å². The molecule has 0 spiro atoms. The number of hydrogen-bond acceptors (Lipinski definition) is 14. The van der Waals surface area contributed by atoms with Crippen LogP contribution in [0.15, 0.2) is 24.3 Å². The summed E-state index contributed by atoms with van der Waals surface area (Å²) in [7, 11) is 0. The Labute approximate surface area is 487 Å². The molecule has 0 aliphatic carbocycles. The summed E-state index contributed by atoms with van der Waals surface area (Å²) in [5.41, 5.74) is 4.06. The number of aliphatic hydroxyl groups is 2. The van der Waals surface area contributed by atoms with Gasteiger partial charge in [-0.15, -0.1) is 0 Å². The molecular weight excluding hydrogens is 1070 g/mol. The number of aromatic hydroxyl groups is 1. The second-order valence-corrected chi connectivity index (χ2v) is 24.2. The van der Waals surface area contributed by atoms with Crippen LogP contribution in [0.4, 0.5) is 0 Å². The van der Waals surface area contributed by atoms with Crippen molar-refractivity contribution in [3.63, 3.8) is 0 Å². The number of nitrogens with one attached hydrogen (secondary N) is 8. The molecule has 0 radical (unpaired) electrons. The summed E-state index contributed by atoms with van der Waals surface area (Å²) in [5.74, 6) is -9.81. The lowest BCUT2D eigenvalue weighted by molar-refractivity contribution is -0.148. The van der Waals surface area contributed by atoms with Gasteiger partial charge >= 0.3 is 0 Å². The van der Waals surface area contributed by atoms with Crippen LogP contribution in [-0.2, 0) is 59.2 Å². The molecule has 13 N–H and O–H groups in total. The normalized spacial score (nSPS) is 26.7. The molecule has 0 aromatic heterocycles. The highest BCUT2D eigenvalue weighted by Crippen LogP contribution is 2.27. The lowest BCUT2D eigenvalue weighted by Gasteiger charge is -2.33. The molecule has 0 saturated carbocycles. The van der Waals surface area contributed by atoms with Gasteiger partial charge in [-0.25, -0.2) is 0 Å². The van der Waals surface area contributed by atoms with Gasteiger partial charge in [-0.2, -0.15) is 0 Å². The molecule has 3 saturated heterocycles. The lowest BCUT2D eigenvalue weighted by atomic mass is 9.94. The molecule has 25 heteroatoms. The van der Waals surface area contributed by atoms with E-state index in [1.165, 1.54) is 43.0 Å². The van der Waals surface area contributed by atoms with Crippen LogP contribution in [0.5, 0.6) is 5.75 Å². The summed E-state index contributed by atoms with van der Waals surface area (Å²) in [6.07, 6.45) is 2.46. The number of carbonyl (C=O) groups is 11. The smallest absolute Gasteiger partial charge is 0.246 e. The molecule has 464 valence electrons. The Morgan fingerprint density at radius 3 is 1.87 bits per heavy atom. The maximum absolute atomic E-state index is 14.7. The van der Waals surface area contributed by atoms with Crippen LogP contribution in [0.2, 0.25) is 0 Å². The number of phenols is 1. The highest BCUT2D eigenvalue weighted by molar-refractivity contribution is 5.99. The quantitative estimate of drug-likeness (QED) is 0.0911. The fraction of sp³-hybridized carbons (Fsp3) is 0.707. The van der Waals surface area contributed by atoms with Crippen LogP contribution in [0, 0.1) is 17.8 Å². The number of amides is 11. The number of primary amides is 1. The maximum atomic E-state index is 14.7. The van der Waals surface area contributed by atoms with Gasteiger partial charge in [0.05, 0.1) is 18.2 Å². The Bertz CT molecular complexity index is 2430. The largest absolute Gasteiger partial charge is 0.508 e. The van der Waals surface area contributed by atoms with Gasteiger partial charge in [0.2, 0.25) is 65.0 Å². The molecule has 3 fully saturated rings. The van der Waals surface area contributed by atoms with Gasteiger partial charge in [-0.3, -0.25) is 52.7 Å². The highest BCUT2D eigenvalue weighted by Gasteiger charge is 2.47. The van der Waals surface area contributed by atoms with Crippen LogP contribution in [0.1, 0.15) is 158 Å². The standard InChI is InChI=1S/C58H93N11O14/c1-10-11-12-13-14-16-36-28-46(73)62-39(22-23-45(59)72)56(81)69-31-38(71)29-44(69)57(82)68-24-15-17-43(68)53(78)64-42(27-35-18-20-37(70)21-19-35)51(76)63-41(26-33(4)5)52(77)66-48(34(6)7)54(79)67-49(58(8,9)83)55(80)65-40(25-32(2)3)50(75)60-30-47(74)61-36/h18-21,32-34,36,38-44,48-49,70-71,83H,10-17,22-31H2,1-9H3,(H2,59,72)(H,60,75)(H,61,74)(H,62,73)(H,63,76)(H,64,78)(H,65,80)(H,66,77)(H,67,79)/t36-,38-,39+,40+,41-,42+,43+,44+,48+,49+/m1/s1. The predicted molar refractivity (Wildman–Crippen MR) is 306 cm³/mol. The summed E-state index contributed by atoms with van der Waals surface area (Å²) >= 11 is 0. The number of phenolic OH excluding ortho intramolecular Hbond substituents is 1. The fourth-order valence-electron chi connectivity index (χ4n) is 10.7. The fourth-order valence-corrected chi connectivity index (χ4v) is 10.7. The number of unbranched alkanes of at least 4 members (excludes halogenated alkanes) is 4. The minimum atomic E-state index is -1.96. The first kappa shape index (κ1) is 68.6. The van der Waals surface area contributed by atoms with Crippen molar-refractivity contribution in [1.82, 2.24) is 52.3 Å². The van der Waals surface area contributed by atoms with E-state index in [-0.39, 0.29) is 82.0 Å². The Kier molecular flexibility index (Phi) is 26.7. The molecule has 1 aromatic rings. The van der Waals surface area contributed by atoms with Crippen molar-refractivity contribution in [1.29, 1.82) is 0 Å². The zero-order chi connectivity index (χ0) is 61.9. The van der Waals surface area contributed by atoms with Crippen LogP contribution in [0.25, 0.3) is 0 Å². The Morgan fingerprint density at radius 2 is 1.27 bits per heavy atom. The molecule has 3 heterocycles. The van der Waals surface area contributed by atoms with Crippen LogP contribution in [-0.4, -0.2) is 176 Å². The average Bonchev–Trinajstić information content (AvgIpc) is 3.34. The van der Waals surface area contributed by atoms with Gasteiger partial charge < -0.3 is 73.4 Å². The van der Waals surface area contributed by atoms with Crippen molar-refractivity contribution in [2.45, 2.75) is 225 Å². The van der Waals surface area contributed by atoms with Crippen LogP contribution in [0.3, 0.4) is 0 Å². The minimum Gasteiger partial charge on any atom is -0.508 e. The van der Waals surface area contributed by atoms with E-state index in [9.17, 15) is 68.1 Å². The molecular formula is C58H93N11O14. The molecule has 4 rings (SSSR count). The molecule has 10 atom stereocenters. The average molecular weight is 1170 g/mol. The second kappa shape index (κ2) is 32.2. The van der Waals surface area contributed by atoms with Gasteiger partial charge in [-0.05, 0) is 87.8 Å². The molecule has 1 aromatic carbocycles. The van der Waals surface area contributed by atoms with E-state index in [2.05, 4.69) is 49.5 Å². The van der Waals surface area contributed by atoms with Crippen molar-refractivity contribution >= 4 is 65.0 Å². The molecule has 83 heavy (non-hydrogen) atoms. The number of nitrogens with two attached hydrogens (primary N) is 1. The summed E-state index contributed by atoms with van der Waals surface area (Å²) < 4.78 is 0. The molecule has 25 nitrogen and oxygen atoms in total. The summed E-state index contributed by atoms with van der Waals surface area (Å²) in [5, 5.41) is 53.9. The Morgan fingerprint density at radius 1 is 0.663 bits per heavy atom. The van der Waals surface area contributed by atoms with E-state index < -0.39 is 144 Å². The van der Waals surface area contributed by atoms with Gasteiger partial charge in [0.25, 0.3) is 0 Å². The molecule has 3 aliphatic heterocycles. The monoisotopic (exact) mass is 1170 g/mol. The summed E-state index contributed by atoms with van der Waals surface area (Å²) in [4.78, 5) is 157. The van der Waals surface area contributed by atoms with Crippen molar-refractivity contribution in [3.05, 3.63) is 29.8 Å². The number of rotatable bonds is 17. The number of fused-ring (bicyclic) bond motifs is 2. The number of benzene rings is 1. The lowest BCUT2D eigenvalue weighted by Crippen LogP contribution is -2.64. The van der Waals surface area contributed by atoms with Gasteiger partial charge in [0, 0.05) is 44.8 Å². The summed E-state index contributed by atoms with van der Waals surface area (Å²) in [6, 6.07) is -5.98. The van der Waals surface area contributed by atoms with Crippen LogP contribution >= 0.6 is 0 Å². The number of aliphatic hydroxyl groups excluding tert-OH is 1. The SMILES string of the molecule is CCCCCCC[C@@H]1CC(=O)N[C@@H](CCC(N)=O)C(=O)N2C[C@H](O)C[C@H]2C(=O)N2CCC[C@H]2C(=O)N[C@@H](Cc2ccc(O)cc2)C(=O)N[C@H](CC(C)C)C(=O)N[C@@H](C(C)C)C(=O)N[C@H](C(C)(C)O)C(=O)N[C@@H](CC(C)C)C(=O)NCC(=O)N1. The van der Waals surface area contributed by atoms with E-state index in [0.29, 0.717) is 24.8 Å². The highest BCUT2D eigenvalue weighted by atomic mass is 16.3. The first-order valence-electron chi connectivity index (χ1n) is 29.4. The zero-order valence-electron chi connectivity index (χ0n) is 49.8. The number of carbonyl (C=O) groups excluding carboxylic acids is 11. The molecule has 0 unspecified atom stereocenters. The number of hydrogen-bond donors (Lipinski definition) is 12. The third kappa shape index (κ3) is 21.7. The second-order valence-electron chi connectivity index (χ2n) is 24.2. The Balaban J connectivity index is 1.81. The van der Waals surface area contributed by atoms with E-state index in [0.717, 1.165) is 30.6 Å². The molecule has 3 aliphatic rings. The van der Waals surface area contributed by atoms with Crippen molar-refractivity contribution in [2.75, 3.05) is 19.6 Å². The first-order chi connectivity index (χ1) is 39.0. The van der Waals surface area contributed by atoms with E-state index >= 15 is 0 Å². The number of nitrogens with zero attached hydrogens (tertiary/aromatic N) is 2. The minimum absolute atomic E-state index is 0.0414.